The van der Waals surface area contributed by atoms with Crippen molar-refractivity contribution < 1.29 is 30.0 Å². The molecular weight excluding hydrogens is 532 g/mol. The number of benzene rings is 2. The quantitative estimate of drug-likeness (QED) is 0.161. The number of nitrogens with two attached hydrogens (primary N) is 2. The maximum atomic E-state index is 11.2. The molecule has 238 valence electrons. The Balaban J connectivity index is 0.000000756. The van der Waals surface area contributed by atoms with Gasteiger partial charge in [0.15, 0.2) is 0 Å². The molecule has 0 saturated heterocycles. The van der Waals surface area contributed by atoms with Crippen LogP contribution in [0.5, 0.6) is 11.5 Å². The number of aliphatic carboxylic acids is 2. The van der Waals surface area contributed by atoms with E-state index in [1.807, 2.05) is 107 Å². The van der Waals surface area contributed by atoms with Crippen molar-refractivity contribution in [3.63, 3.8) is 0 Å². The molecule has 0 radical (unpaired) electrons. The van der Waals surface area contributed by atoms with Gasteiger partial charge in [-0.15, -0.1) is 0 Å². The Morgan fingerprint density at radius 1 is 0.524 bits per heavy atom. The number of carboxylic acid groups (broad SMARTS) is 2. The smallest absolute Gasteiger partial charge is 0.310 e. The predicted molar refractivity (Wildman–Crippen MR) is 171 cm³/mol. The molecule has 2 aromatic rings. The summed E-state index contributed by atoms with van der Waals surface area (Å²) in [7, 11) is 0. The van der Waals surface area contributed by atoms with Gasteiger partial charge in [0.25, 0.3) is 0 Å². The summed E-state index contributed by atoms with van der Waals surface area (Å²) < 4.78 is 0. The second-order valence-electron chi connectivity index (χ2n) is 15.0. The van der Waals surface area contributed by atoms with Crippen LogP contribution in [0.15, 0.2) is 24.3 Å². The molecule has 42 heavy (non-hydrogen) atoms. The highest BCUT2D eigenvalue weighted by molar-refractivity contribution is 5.76. The maximum absolute atomic E-state index is 11.2. The lowest BCUT2D eigenvalue weighted by atomic mass is 9.77. The third kappa shape index (κ3) is 10.0. The first kappa shape index (κ1) is 38.9. The number of phenols is 2. The summed E-state index contributed by atoms with van der Waals surface area (Å²) in [6.45, 7) is 27.6. The molecule has 2 unspecified atom stereocenters. The van der Waals surface area contributed by atoms with E-state index in [-0.39, 0.29) is 33.2 Å². The van der Waals surface area contributed by atoms with Gasteiger partial charge >= 0.3 is 11.9 Å². The lowest BCUT2D eigenvalue weighted by Gasteiger charge is -2.28. The van der Waals surface area contributed by atoms with Gasteiger partial charge in [0.2, 0.25) is 0 Å². The van der Waals surface area contributed by atoms with E-state index in [1.54, 1.807) is 13.8 Å². The van der Waals surface area contributed by atoms with Gasteiger partial charge in [0.05, 0.1) is 11.8 Å². The van der Waals surface area contributed by atoms with Gasteiger partial charge in [-0.25, -0.2) is 0 Å². The van der Waals surface area contributed by atoms with E-state index >= 15 is 0 Å². The summed E-state index contributed by atoms with van der Waals surface area (Å²) in [4.78, 5) is 22.5. The molecule has 0 aromatic heterocycles. The van der Waals surface area contributed by atoms with Crippen molar-refractivity contribution >= 4 is 11.9 Å². The standard InChI is InChI=1S/2C17H26O3.H4N2/c2*1-10(15(19)20)11-8-12(16(2,3)4)14(18)13(9-11)17(5,6)7;1-2/h2*8-10,18H,1-7H3,(H,19,20);1-2H2. The number of carbonyl (C=O) groups is 2. The number of hydrazine groups is 1. The lowest BCUT2D eigenvalue weighted by Crippen LogP contribution is -2.19. The molecule has 0 amide bonds. The third-order valence-corrected chi connectivity index (χ3v) is 7.24. The van der Waals surface area contributed by atoms with Gasteiger partial charge in [0, 0.05) is 0 Å². The predicted octanol–water partition coefficient (Wildman–Crippen LogP) is 7.17. The van der Waals surface area contributed by atoms with Crippen LogP contribution in [0, 0.1) is 0 Å². The van der Waals surface area contributed by atoms with Gasteiger partial charge in [-0.3, -0.25) is 21.3 Å². The average Bonchev–Trinajstić information content (AvgIpc) is 2.82. The summed E-state index contributed by atoms with van der Waals surface area (Å²) in [6.07, 6.45) is 0. The summed E-state index contributed by atoms with van der Waals surface area (Å²) in [5, 5.41) is 39.6. The fraction of sp³-hybridized carbons (Fsp3) is 0.588. The monoisotopic (exact) mass is 588 g/mol. The zero-order valence-electron chi connectivity index (χ0n) is 28.2. The summed E-state index contributed by atoms with van der Waals surface area (Å²) in [5.74, 6) is 5.69. The minimum absolute atomic E-state index is 0.238. The van der Waals surface area contributed by atoms with Gasteiger partial charge in [-0.05, 0) is 68.9 Å². The molecular formula is C34H56N2O6. The van der Waals surface area contributed by atoms with Crippen molar-refractivity contribution in [2.45, 2.75) is 130 Å². The van der Waals surface area contributed by atoms with Crippen molar-refractivity contribution in [1.29, 1.82) is 0 Å². The minimum atomic E-state index is -0.851. The molecule has 2 atom stereocenters. The van der Waals surface area contributed by atoms with Gasteiger partial charge in [-0.1, -0.05) is 107 Å². The van der Waals surface area contributed by atoms with Gasteiger partial charge in [-0.2, -0.15) is 0 Å². The molecule has 0 aliphatic carbocycles. The Bertz CT molecular complexity index is 1070. The number of phenolic OH excluding ortho intramolecular Hbond substituents is 2. The van der Waals surface area contributed by atoms with Crippen molar-refractivity contribution in [3.05, 3.63) is 57.6 Å². The molecule has 2 aromatic carbocycles. The second-order valence-corrected chi connectivity index (χ2v) is 15.0. The number of aromatic hydroxyl groups is 2. The fourth-order valence-corrected chi connectivity index (χ4v) is 4.39. The van der Waals surface area contributed by atoms with Crippen molar-refractivity contribution in [1.82, 2.24) is 0 Å². The Labute approximate surface area is 253 Å². The van der Waals surface area contributed by atoms with E-state index < -0.39 is 23.8 Å². The van der Waals surface area contributed by atoms with E-state index in [4.69, 9.17) is 0 Å². The first-order valence-corrected chi connectivity index (χ1v) is 14.3. The zero-order valence-corrected chi connectivity index (χ0v) is 28.2. The minimum Gasteiger partial charge on any atom is -0.507 e. The van der Waals surface area contributed by atoms with E-state index in [9.17, 15) is 30.0 Å². The highest BCUT2D eigenvalue weighted by atomic mass is 16.4. The number of hydrogen-bond acceptors (Lipinski definition) is 6. The molecule has 0 aliphatic rings. The summed E-state index contributed by atoms with van der Waals surface area (Å²) in [6, 6.07) is 7.29. The van der Waals surface area contributed by atoms with Crippen LogP contribution in [-0.4, -0.2) is 32.4 Å². The van der Waals surface area contributed by atoms with Crippen LogP contribution in [0.1, 0.15) is 142 Å². The topological polar surface area (TPSA) is 167 Å². The third-order valence-electron chi connectivity index (χ3n) is 7.24. The number of rotatable bonds is 4. The first-order valence-electron chi connectivity index (χ1n) is 14.3. The second kappa shape index (κ2) is 13.9. The first-order chi connectivity index (χ1) is 18.7. The molecule has 2 rings (SSSR count). The molecule has 0 aliphatic heterocycles. The SMILES string of the molecule is CC(C(=O)O)c1cc(C(C)(C)C)c(O)c(C(C)(C)C)c1.CC(C(=O)O)c1cc(C(C)(C)C)c(O)c(C(C)(C)C)c1.NN. The highest BCUT2D eigenvalue weighted by Crippen LogP contribution is 2.42. The van der Waals surface area contributed by atoms with Crippen molar-refractivity contribution in [2.75, 3.05) is 0 Å². The largest absolute Gasteiger partial charge is 0.507 e. The van der Waals surface area contributed by atoms with Crippen LogP contribution in [0.4, 0.5) is 0 Å². The van der Waals surface area contributed by atoms with E-state index in [0.717, 1.165) is 33.4 Å². The summed E-state index contributed by atoms with van der Waals surface area (Å²) in [5.41, 5.74) is 3.73. The molecule has 0 saturated carbocycles. The molecule has 8 nitrogen and oxygen atoms in total. The van der Waals surface area contributed by atoms with Crippen LogP contribution >= 0.6 is 0 Å². The summed E-state index contributed by atoms with van der Waals surface area (Å²) >= 11 is 0. The Hall–Kier alpha value is -3.10. The molecule has 0 heterocycles. The lowest BCUT2D eigenvalue weighted by molar-refractivity contribution is -0.139. The Kier molecular flexibility index (Phi) is 12.9. The van der Waals surface area contributed by atoms with E-state index in [0.29, 0.717) is 0 Å². The van der Waals surface area contributed by atoms with Crippen LogP contribution in [0.3, 0.4) is 0 Å². The van der Waals surface area contributed by atoms with Crippen LogP contribution in [0.2, 0.25) is 0 Å². The van der Waals surface area contributed by atoms with E-state index in [2.05, 4.69) is 11.7 Å². The normalized spacial score (nSPS) is 13.6. The zero-order chi connectivity index (χ0) is 33.8. The molecule has 0 bridgehead atoms. The highest BCUT2D eigenvalue weighted by Gasteiger charge is 2.30. The fourth-order valence-electron chi connectivity index (χ4n) is 4.39. The number of carboxylic acids is 2. The van der Waals surface area contributed by atoms with Crippen LogP contribution in [-0.2, 0) is 31.2 Å². The molecule has 8 N–H and O–H groups in total. The van der Waals surface area contributed by atoms with Crippen molar-refractivity contribution in [2.24, 2.45) is 11.7 Å². The number of hydrogen-bond donors (Lipinski definition) is 6. The molecule has 0 spiro atoms. The van der Waals surface area contributed by atoms with Gasteiger partial charge < -0.3 is 20.4 Å². The average molecular weight is 589 g/mol. The molecule has 0 fully saturated rings. The van der Waals surface area contributed by atoms with Crippen LogP contribution in [0.25, 0.3) is 0 Å². The Morgan fingerprint density at radius 2 is 0.690 bits per heavy atom. The van der Waals surface area contributed by atoms with Crippen LogP contribution < -0.4 is 11.7 Å². The van der Waals surface area contributed by atoms with Crippen molar-refractivity contribution in [3.8, 4) is 11.5 Å². The Morgan fingerprint density at radius 3 is 0.810 bits per heavy atom. The molecule has 8 heteroatoms. The van der Waals surface area contributed by atoms with E-state index in [1.165, 1.54) is 0 Å². The van der Waals surface area contributed by atoms with Gasteiger partial charge in [0.1, 0.15) is 11.5 Å². The maximum Gasteiger partial charge on any atom is 0.310 e.